The van der Waals surface area contributed by atoms with Gasteiger partial charge in [-0.15, -0.1) is 0 Å². The zero-order valence-electron chi connectivity index (χ0n) is 14.7. The molecule has 2 aromatic heterocycles. The lowest BCUT2D eigenvalue weighted by Crippen LogP contribution is -2.23. The Hall–Kier alpha value is -3.19. The largest absolute Gasteiger partial charge is 0.480 e. The van der Waals surface area contributed by atoms with Crippen LogP contribution in [0.5, 0.6) is 5.88 Å². The molecule has 3 rings (SSSR count). The molecule has 0 bridgehead atoms. The van der Waals surface area contributed by atoms with E-state index in [4.69, 9.17) is 21.1 Å². The van der Waals surface area contributed by atoms with Crippen molar-refractivity contribution in [3.05, 3.63) is 64.4 Å². The number of halogens is 1. The molecule has 0 atom stereocenters. The molecular weight excluding hydrogens is 370 g/mol. The quantitative estimate of drug-likeness (QED) is 0.679. The second-order valence-corrected chi connectivity index (χ2v) is 6.03. The maximum absolute atomic E-state index is 12.3. The number of fused-ring (bicyclic) bond motifs is 1. The molecule has 0 aliphatic heterocycles. The van der Waals surface area contributed by atoms with Crippen LogP contribution < -0.4 is 10.1 Å². The van der Waals surface area contributed by atoms with Crippen molar-refractivity contribution in [1.82, 2.24) is 15.3 Å². The van der Waals surface area contributed by atoms with Crippen molar-refractivity contribution < 1.29 is 19.1 Å². The number of aromatic nitrogens is 2. The number of amides is 1. The fourth-order valence-corrected chi connectivity index (χ4v) is 2.87. The van der Waals surface area contributed by atoms with Gasteiger partial charge < -0.3 is 14.8 Å². The van der Waals surface area contributed by atoms with E-state index in [0.717, 1.165) is 0 Å². The Morgan fingerprint density at radius 3 is 2.70 bits per heavy atom. The molecule has 7 nitrogen and oxygen atoms in total. The average Bonchev–Trinajstić information content (AvgIpc) is 2.70. The zero-order valence-corrected chi connectivity index (χ0v) is 15.4. The van der Waals surface area contributed by atoms with E-state index in [1.165, 1.54) is 20.4 Å². The fourth-order valence-electron chi connectivity index (χ4n) is 2.63. The maximum atomic E-state index is 12.3. The van der Waals surface area contributed by atoms with Crippen molar-refractivity contribution in [2.24, 2.45) is 0 Å². The van der Waals surface area contributed by atoms with Gasteiger partial charge in [0.25, 0.3) is 5.91 Å². The number of rotatable bonds is 5. The van der Waals surface area contributed by atoms with Crippen molar-refractivity contribution in [2.45, 2.75) is 6.54 Å². The molecule has 8 heteroatoms. The van der Waals surface area contributed by atoms with E-state index in [1.807, 2.05) is 0 Å². The van der Waals surface area contributed by atoms with Gasteiger partial charge in [0.2, 0.25) is 5.88 Å². The normalized spacial score (nSPS) is 10.5. The first-order valence-corrected chi connectivity index (χ1v) is 8.35. The smallest absolute Gasteiger partial charge is 0.343 e. The lowest BCUT2D eigenvalue weighted by molar-refractivity contribution is 0.0596. The second-order valence-electron chi connectivity index (χ2n) is 5.60. The van der Waals surface area contributed by atoms with Gasteiger partial charge in [0, 0.05) is 29.3 Å². The van der Waals surface area contributed by atoms with E-state index in [9.17, 15) is 9.59 Å². The molecule has 0 unspecified atom stereocenters. The van der Waals surface area contributed by atoms with Crippen molar-refractivity contribution in [3.8, 4) is 5.88 Å². The molecule has 0 saturated heterocycles. The van der Waals surface area contributed by atoms with Gasteiger partial charge in [0.1, 0.15) is 5.56 Å². The highest BCUT2D eigenvalue weighted by atomic mass is 35.5. The fraction of sp³-hybridized carbons (Fsp3) is 0.158. The highest BCUT2D eigenvalue weighted by molar-refractivity contribution is 6.31. The number of carbonyl (C=O) groups is 2. The van der Waals surface area contributed by atoms with Crippen LogP contribution in [0.25, 0.3) is 10.9 Å². The van der Waals surface area contributed by atoms with Crippen molar-refractivity contribution in [3.63, 3.8) is 0 Å². The summed E-state index contributed by atoms with van der Waals surface area (Å²) in [6.07, 6.45) is 3.08. The lowest BCUT2D eigenvalue weighted by Gasteiger charge is -2.12. The molecule has 2 heterocycles. The maximum Gasteiger partial charge on any atom is 0.343 e. The van der Waals surface area contributed by atoms with E-state index < -0.39 is 5.97 Å². The number of ether oxygens (including phenoxy) is 2. The highest BCUT2D eigenvalue weighted by Gasteiger charge is 2.18. The molecule has 138 valence electrons. The van der Waals surface area contributed by atoms with Gasteiger partial charge >= 0.3 is 5.97 Å². The number of pyridine rings is 2. The van der Waals surface area contributed by atoms with Crippen LogP contribution in [-0.4, -0.2) is 36.1 Å². The van der Waals surface area contributed by atoms with Crippen LogP contribution in [0.2, 0.25) is 5.02 Å². The Morgan fingerprint density at radius 1 is 1.22 bits per heavy atom. The summed E-state index contributed by atoms with van der Waals surface area (Å²) < 4.78 is 9.98. The van der Waals surface area contributed by atoms with Crippen LogP contribution in [-0.2, 0) is 11.3 Å². The third kappa shape index (κ3) is 3.98. The zero-order chi connectivity index (χ0) is 19.4. The van der Waals surface area contributed by atoms with E-state index in [1.54, 1.807) is 36.5 Å². The minimum absolute atomic E-state index is 0.136. The molecule has 1 N–H and O–H groups in total. The summed E-state index contributed by atoms with van der Waals surface area (Å²) in [5.41, 5.74) is 1.89. The second kappa shape index (κ2) is 8.01. The Balaban J connectivity index is 1.97. The number of esters is 1. The van der Waals surface area contributed by atoms with Gasteiger partial charge in [-0.25, -0.2) is 9.78 Å². The Bertz CT molecular complexity index is 1010. The van der Waals surface area contributed by atoms with Gasteiger partial charge in [-0.2, -0.15) is 0 Å². The van der Waals surface area contributed by atoms with Gasteiger partial charge in [-0.05, 0) is 35.9 Å². The summed E-state index contributed by atoms with van der Waals surface area (Å²) in [7, 11) is 2.70. The summed E-state index contributed by atoms with van der Waals surface area (Å²) in [4.78, 5) is 32.5. The summed E-state index contributed by atoms with van der Waals surface area (Å²) in [6.45, 7) is 0.193. The first-order valence-electron chi connectivity index (χ1n) is 7.97. The Labute approximate surface area is 160 Å². The van der Waals surface area contributed by atoms with Crippen LogP contribution in [0.3, 0.4) is 0 Å². The molecule has 0 aliphatic rings. The monoisotopic (exact) mass is 385 g/mol. The SMILES string of the molecule is COC(=O)c1cc2cc(Cl)cc(CNC(=O)c3cccnc3)c2nc1OC. The van der Waals surface area contributed by atoms with Crippen molar-refractivity contribution >= 4 is 34.4 Å². The van der Waals surface area contributed by atoms with Crippen LogP contribution >= 0.6 is 11.6 Å². The minimum atomic E-state index is -0.562. The molecule has 0 saturated carbocycles. The number of nitrogens with one attached hydrogen (secondary N) is 1. The topological polar surface area (TPSA) is 90.4 Å². The minimum Gasteiger partial charge on any atom is -0.480 e. The van der Waals surface area contributed by atoms with E-state index in [-0.39, 0.29) is 23.9 Å². The molecule has 0 fully saturated rings. The molecule has 1 aromatic carbocycles. The van der Waals surface area contributed by atoms with Crippen LogP contribution in [0, 0.1) is 0 Å². The van der Waals surface area contributed by atoms with Crippen molar-refractivity contribution in [2.75, 3.05) is 14.2 Å². The number of methoxy groups -OCH3 is 2. The average molecular weight is 386 g/mol. The van der Waals surface area contributed by atoms with Gasteiger partial charge in [0.15, 0.2) is 0 Å². The molecule has 1 amide bonds. The van der Waals surface area contributed by atoms with Gasteiger partial charge in [-0.3, -0.25) is 9.78 Å². The van der Waals surface area contributed by atoms with Gasteiger partial charge in [-0.1, -0.05) is 11.6 Å². The Kier molecular flexibility index (Phi) is 5.52. The molecule has 0 spiro atoms. The molecular formula is C19H16ClN3O4. The van der Waals surface area contributed by atoms with Gasteiger partial charge in [0.05, 0.1) is 25.3 Å². The predicted octanol–water partition coefficient (Wildman–Crippen LogP) is 3.01. The van der Waals surface area contributed by atoms with E-state index in [0.29, 0.717) is 27.1 Å². The summed E-state index contributed by atoms with van der Waals surface area (Å²) in [5.74, 6) is -0.696. The van der Waals surface area contributed by atoms with E-state index >= 15 is 0 Å². The summed E-state index contributed by atoms with van der Waals surface area (Å²) >= 11 is 6.20. The molecule has 0 aliphatic carbocycles. The molecule has 3 aromatic rings. The number of nitrogens with zero attached hydrogens (tertiary/aromatic N) is 2. The Morgan fingerprint density at radius 2 is 2.04 bits per heavy atom. The molecule has 27 heavy (non-hydrogen) atoms. The van der Waals surface area contributed by atoms with Crippen LogP contribution in [0.15, 0.2) is 42.7 Å². The number of carbonyl (C=O) groups excluding carboxylic acids is 2. The third-order valence-corrected chi connectivity index (χ3v) is 4.11. The van der Waals surface area contributed by atoms with Crippen molar-refractivity contribution in [1.29, 1.82) is 0 Å². The predicted molar refractivity (Wildman–Crippen MR) is 100 cm³/mol. The summed E-state index contributed by atoms with van der Waals surface area (Å²) in [5, 5.41) is 3.90. The number of benzene rings is 1. The standard InChI is InChI=1S/C19H16ClN3O4/c1-26-18-15(19(25)27-2)8-12-6-14(20)7-13(16(12)23-18)10-22-17(24)11-4-3-5-21-9-11/h3-9H,10H2,1-2H3,(H,22,24). The number of hydrogen-bond acceptors (Lipinski definition) is 6. The van der Waals surface area contributed by atoms with Crippen LogP contribution in [0.1, 0.15) is 26.3 Å². The van der Waals surface area contributed by atoms with Crippen LogP contribution in [0.4, 0.5) is 0 Å². The first kappa shape index (κ1) is 18.6. The first-order chi connectivity index (χ1) is 13.0. The lowest BCUT2D eigenvalue weighted by atomic mass is 10.1. The number of hydrogen-bond donors (Lipinski definition) is 1. The molecule has 0 radical (unpaired) electrons. The van der Waals surface area contributed by atoms with E-state index in [2.05, 4.69) is 15.3 Å². The third-order valence-electron chi connectivity index (χ3n) is 3.89. The summed E-state index contributed by atoms with van der Waals surface area (Å²) in [6, 6.07) is 8.35. The highest BCUT2D eigenvalue weighted by Crippen LogP contribution is 2.28.